The van der Waals surface area contributed by atoms with Crippen molar-refractivity contribution in [3.8, 4) is 0 Å². The number of hydrogen-bond acceptors (Lipinski definition) is 4. The van der Waals surface area contributed by atoms with Crippen LogP contribution in [0.4, 0.5) is 4.79 Å². The van der Waals surface area contributed by atoms with E-state index in [0.29, 0.717) is 38.2 Å². The molecular formula is C21H36IN5O2. The summed E-state index contributed by atoms with van der Waals surface area (Å²) in [4.78, 5) is 20.4. The van der Waals surface area contributed by atoms with Gasteiger partial charge >= 0.3 is 6.09 Å². The van der Waals surface area contributed by atoms with Crippen LogP contribution in [-0.4, -0.2) is 60.7 Å². The minimum absolute atomic E-state index is 0. The summed E-state index contributed by atoms with van der Waals surface area (Å²) in [7, 11) is 2.13. The van der Waals surface area contributed by atoms with Crippen molar-refractivity contribution < 1.29 is 9.53 Å². The van der Waals surface area contributed by atoms with Crippen LogP contribution >= 0.6 is 24.0 Å². The molecule has 1 aromatic carbocycles. The predicted octanol–water partition coefficient (Wildman–Crippen LogP) is 3.17. The van der Waals surface area contributed by atoms with Gasteiger partial charge in [-0.2, -0.15) is 0 Å². The molecule has 1 aromatic rings. The van der Waals surface area contributed by atoms with Gasteiger partial charge in [0, 0.05) is 31.7 Å². The van der Waals surface area contributed by atoms with Crippen LogP contribution in [0, 0.1) is 0 Å². The summed E-state index contributed by atoms with van der Waals surface area (Å²) >= 11 is 0. The van der Waals surface area contributed by atoms with Gasteiger partial charge in [0.15, 0.2) is 5.96 Å². The summed E-state index contributed by atoms with van der Waals surface area (Å²) in [6.45, 7) is 9.41. The van der Waals surface area contributed by atoms with Crippen molar-refractivity contribution in [1.82, 2.24) is 15.1 Å². The predicted molar refractivity (Wildman–Crippen MR) is 129 cm³/mol. The molecule has 0 radical (unpaired) electrons. The van der Waals surface area contributed by atoms with Gasteiger partial charge in [-0.05, 0) is 51.8 Å². The van der Waals surface area contributed by atoms with E-state index in [0.717, 1.165) is 19.4 Å². The molecule has 1 fully saturated rings. The van der Waals surface area contributed by atoms with E-state index in [1.165, 1.54) is 11.1 Å². The molecule has 0 spiro atoms. The third-order valence-corrected chi connectivity index (χ3v) is 5.21. The van der Waals surface area contributed by atoms with Gasteiger partial charge in [-0.25, -0.2) is 9.79 Å². The van der Waals surface area contributed by atoms with E-state index < -0.39 is 0 Å². The van der Waals surface area contributed by atoms with Crippen molar-refractivity contribution in [2.45, 2.75) is 58.8 Å². The van der Waals surface area contributed by atoms with E-state index >= 15 is 0 Å². The quantitative estimate of drug-likeness (QED) is 0.330. The van der Waals surface area contributed by atoms with E-state index in [2.05, 4.69) is 54.3 Å². The number of nitrogens with zero attached hydrogens (tertiary/aromatic N) is 3. The van der Waals surface area contributed by atoms with Crippen LogP contribution < -0.4 is 11.1 Å². The molecule has 0 bridgehead atoms. The Bertz CT molecular complexity index is 660. The molecule has 29 heavy (non-hydrogen) atoms. The third kappa shape index (κ3) is 8.38. The highest BCUT2D eigenvalue weighted by molar-refractivity contribution is 14.0. The number of nitrogens with one attached hydrogen (secondary N) is 1. The number of nitrogens with two attached hydrogens (primary N) is 1. The average Bonchev–Trinajstić information content (AvgIpc) is 2.68. The van der Waals surface area contributed by atoms with Gasteiger partial charge in [-0.15, -0.1) is 24.0 Å². The lowest BCUT2D eigenvalue weighted by molar-refractivity contribution is 0.0963. The van der Waals surface area contributed by atoms with Crippen molar-refractivity contribution >= 4 is 36.0 Å². The second-order valence-electron chi connectivity index (χ2n) is 7.58. The first-order chi connectivity index (χ1) is 13.4. The number of amides is 1. The molecule has 8 heteroatoms. The maximum absolute atomic E-state index is 11.8. The standard InChI is InChI=1S/C21H35N5O2.HI/c1-5-28-21(27)26-12-10-19(11-13-26)24-20(22)23-14-17-8-6-7-9-18(17)15-25(4)16(2)3;/h6-9,16,19H,5,10-15H2,1-4H3,(H3,22,23,24);1H. The van der Waals surface area contributed by atoms with Crippen molar-refractivity contribution in [2.24, 2.45) is 10.7 Å². The maximum Gasteiger partial charge on any atom is 0.409 e. The lowest BCUT2D eigenvalue weighted by Gasteiger charge is -2.31. The minimum Gasteiger partial charge on any atom is -0.450 e. The van der Waals surface area contributed by atoms with Gasteiger partial charge in [0.1, 0.15) is 0 Å². The van der Waals surface area contributed by atoms with Crippen LogP contribution in [0.25, 0.3) is 0 Å². The summed E-state index contributed by atoms with van der Waals surface area (Å²) in [6, 6.07) is 9.09. The third-order valence-electron chi connectivity index (χ3n) is 5.21. The number of guanidine groups is 1. The second-order valence-corrected chi connectivity index (χ2v) is 7.58. The van der Waals surface area contributed by atoms with Gasteiger partial charge in [-0.3, -0.25) is 4.90 Å². The summed E-state index contributed by atoms with van der Waals surface area (Å²) in [5, 5.41) is 3.30. The molecule has 7 nitrogen and oxygen atoms in total. The Morgan fingerprint density at radius 1 is 1.31 bits per heavy atom. The number of likely N-dealkylation sites (tertiary alicyclic amines) is 1. The number of hydrogen-bond donors (Lipinski definition) is 2. The van der Waals surface area contributed by atoms with Crippen molar-refractivity contribution in [1.29, 1.82) is 0 Å². The van der Waals surface area contributed by atoms with Crippen LogP contribution in [0.2, 0.25) is 0 Å². The summed E-state index contributed by atoms with van der Waals surface area (Å²) < 4.78 is 5.05. The first-order valence-corrected chi connectivity index (χ1v) is 10.2. The molecule has 0 atom stereocenters. The molecule has 164 valence electrons. The molecule has 1 aliphatic rings. The van der Waals surface area contributed by atoms with Gasteiger partial charge in [0.05, 0.1) is 13.2 Å². The topological polar surface area (TPSA) is 83.2 Å². The normalized spacial score (nSPS) is 15.4. The Morgan fingerprint density at radius 2 is 1.93 bits per heavy atom. The van der Waals surface area contributed by atoms with Gasteiger partial charge in [0.2, 0.25) is 0 Å². The Morgan fingerprint density at radius 3 is 2.52 bits per heavy atom. The van der Waals surface area contributed by atoms with Crippen LogP contribution in [0.5, 0.6) is 0 Å². The molecule has 1 amide bonds. The fourth-order valence-electron chi connectivity index (χ4n) is 3.16. The first-order valence-electron chi connectivity index (χ1n) is 10.2. The Hall–Kier alpha value is -1.55. The Kier molecular flexibility index (Phi) is 11.3. The number of halogens is 1. The summed E-state index contributed by atoms with van der Waals surface area (Å²) in [5.41, 5.74) is 8.58. The molecule has 0 saturated carbocycles. The summed E-state index contributed by atoms with van der Waals surface area (Å²) in [5.74, 6) is 0.460. The molecule has 1 aliphatic heterocycles. The number of piperidine rings is 1. The number of aliphatic imine (C=N–C) groups is 1. The molecule has 0 unspecified atom stereocenters. The van der Waals surface area contributed by atoms with Gasteiger partial charge < -0.3 is 20.7 Å². The van der Waals surface area contributed by atoms with E-state index in [9.17, 15) is 4.79 Å². The van der Waals surface area contributed by atoms with Crippen LogP contribution in [0.1, 0.15) is 44.7 Å². The smallest absolute Gasteiger partial charge is 0.409 e. The fraction of sp³-hybridized carbons (Fsp3) is 0.619. The molecule has 3 N–H and O–H groups in total. The second kappa shape index (κ2) is 12.9. The highest BCUT2D eigenvalue weighted by atomic mass is 127. The summed E-state index contributed by atoms with van der Waals surface area (Å²) in [6.07, 6.45) is 1.45. The van der Waals surface area contributed by atoms with Gasteiger partial charge in [-0.1, -0.05) is 24.3 Å². The van der Waals surface area contributed by atoms with E-state index in [1.54, 1.807) is 4.90 Å². The van der Waals surface area contributed by atoms with Gasteiger partial charge in [0.25, 0.3) is 0 Å². The zero-order valence-corrected chi connectivity index (χ0v) is 20.4. The largest absolute Gasteiger partial charge is 0.450 e. The lowest BCUT2D eigenvalue weighted by Crippen LogP contribution is -2.48. The van der Waals surface area contributed by atoms with E-state index in [1.807, 2.05) is 13.0 Å². The molecule has 1 heterocycles. The number of ether oxygens (including phenoxy) is 1. The highest BCUT2D eigenvalue weighted by Crippen LogP contribution is 2.14. The van der Waals surface area contributed by atoms with Crippen LogP contribution in [0.15, 0.2) is 29.3 Å². The minimum atomic E-state index is -0.231. The molecule has 0 aliphatic carbocycles. The monoisotopic (exact) mass is 517 g/mol. The average molecular weight is 517 g/mol. The highest BCUT2D eigenvalue weighted by Gasteiger charge is 2.23. The molecule has 2 rings (SSSR count). The fourth-order valence-corrected chi connectivity index (χ4v) is 3.16. The zero-order valence-electron chi connectivity index (χ0n) is 18.1. The molecule has 0 aromatic heterocycles. The van der Waals surface area contributed by atoms with E-state index in [4.69, 9.17) is 10.5 Å². The number of rotatable bonds is 7. The Labute approximate surface area is 192 Å². The van der Waals surface area contributed by atoms with Crippen LogP contribution in [0.3, 0.4) is 0 Å². The first kappa shape index (κ1) is 25.5. The molecule has 1 saturated heterocycles. The lowest BCUT2D eigenvalue weighted by atomic mass is 10.1. The van der Waals surface area contributed by atoms with Crippen molar-refractivity contribution in [3.05, 3.63) is 35.4 Å². The van der Waals surface area contributed by atoms with Crippen molar-refractivity contribution in [3.63, 3.8) is 0 Å². The van der Waals surface area contributed by atoms with E-state index in [-0.39, 0.29) is 36.1 Å². The Balaban J connectivity index is 0.00000420. The maximum atomic E-state index is 11.8. The number of benzene rings is 1. The van der Waals surface area contributed by atoms with Crippen molar-refractivity contribution in [2.75, 3.05) is 26.7 Å². The number of carbonyl (C=O) groups excluding carboxylic acids is 1. The number of carbonyl (C=O) groups is 1. The zero-order chi connectivity index (χ0) is 20.5. The SMILES string of the molecule is CCOC(=O)N1CCC(NC(N)=NCc2ccccc2CN(C)C(C)C)CC1.I. The molecular weight excluding hydrogens is 481 g/mol. The van der Waals surface area contributed by atoms with Crippen LogP contribution in [-0.2, 0) is 17.8 Å².